The third-order valence-electron chi connectivity index (χ3n) is 4.28. The summed E-state index contributed by atoms with van der Waals surface area (Å²) in [7, 11) is 1.49. The van der Waals surface area contributed by atoms with Crippen LogP contribution in [0.15, 0.2) is 54.6 Å². The first-order chi connectivity index (χ1) is 15.4. The molecule has 9 heteroatoms. The molecule has 0 saturated heterocycles. The molecule has 1 atom stereocenters. The van der Waals surface area contributed by atoms with Crippen molar-refractivity contribution >= 4 is 23.7 Å². The Morgan fingerprint density at radius 2 is 1.72 bits per heavy atom. The number of ether oxygens (including phenoxy) is 4. The number of benzene rings is 2. The standard InChI is InChI=1S/C23H28N2O7/c1-4-30-21(27)23(2,32-14-13-29-3)25-20(26)18-11-8-12-19(15-18)24-22(28)31-16-17-9-6-5-7-10-17/h5-12,15H,4,13-14,16H2,1-3H3,(H,24,28)(H,25,26). The summed E-state index contributed by atoms with van der Waals surface area (Å²) in [6.07, 6.45) is -0.661. The average molecular weight is 444 g/mol. The molecule has 2 aromatic carbocycles. The van der Waals surface area contributed by atoms with Gasteiger partial charge >= 0.3 is 12.1 Å². The van der Waals surface area contributed by atoms with E-state index >= 15 is 0 Å². The first-order valence-corrected chi connectivity index (χ1v) is 10.1. The Bertz CT molecular complexity index is 904. The van der Waals surface area contributed by atoms with E-state index in [-0.39, 0.29) is 32.0 Å². The van der Waals surface area contributed by atoms with Gasteiger partial charge in [0.15, 0.2) is 0 Å². The van der Waals surface area contributed by atoms with Gasteiger partial charge in [-0.15, -0.1) is 0 Å². The maximum absolute atomic E-state index is 12.8. The molecule has 0 heterocycles. The van der Waals surface area contributed by atoms with Crippen molar-refractivity contribution in [2.45, 2.75) is 26.2 Å². The van der Waals surface area contributed by atoms with Crippen molar-refractivity contribution in [2.24, 2.45) is 0 Å². The summed E-state index contributed by atoms with van der Waals surface area (Å²) in [5.74, 6) is -1.32. The van der Waals surface area contributed by atoms with E-state index in [0.29, 0.717) is 5.69 Å². The van der Waals surface area contributed by atoms with E-state index in [2.05, 4.69) is 10.6 Å². The number of carbonyl (C=O) groups excluding carboxylic acids is 3. The van der Waals surface area contributed by atoms with Crippen LogP contribution in [0.25, 0.3) is 0 Å². The topological polar surface area (TPSA) is 112 Å². The van der Waals surface area contributed by atoms with Gasteiger partial charge in [0.25, 0.3) is 5.91 Å². The fourth-order valence-corrected chi connectivity index (χ4v) is 2.65. The summed E-state index contributed by atoms with van der Waals surface area (Å²) in [5, 5.41) is 5.12. The lowest BCUT2D eigenvalue weighted by atomic mass is 10.1. The molecule has 0 fully saturated rings. The van der Waals surface area contributed by atoms with Crippen LogP contribution < -0.4 is 10.6 Å². The van der Waals surface area contributed by atoms with Gasteiger partial charge in [-0.3, -0.25) is 10.1 Å². The molecular formula is C23H28N2O7. The van der Waals surface area contributed by atoms with Crippen molar-refractivity contribution in [3.05, 3.63) is 65.7 Å². The van der Waals surface area contributed by atoms with Crippen LogP contribution >= 0.6 is 0 Å². The van der Waals surface area contributed by atoms with Crippen molar-refractivity contribution in [1.82, 2.24) is 5.32 Å². The monoisotopic (exact) mass is 444 g/mol. The van der Waals surface area contributed by atoms with Crippen molar-refractivity contribution in [1.29, 1.82) is 0 Å². The van der Waals surface area contributed by atoms with Crippen LogP contribution in [0, 0.1) is 0 Å². The average Bonchev–Trinajstić information content (AvgIpc) is 2.79. The number of anilines is 1. The summed E-state index contributed by atoms with van der Waals surface area (Å²) in [5.41, 5.74) is -0.294. The largest absolute Gasteiger partial charge is 0.462 e. The van der Waals surface area contributed by atoms with Gasteiger partial charge in [-0.2, -0.15) is 0 Å². The second kappa shape index (κ2) is 12.4. The van der Waals surface area contributed by atoms with Gasteiger partial charge in [-0.1, -0.05) is 36.4 Å². The SMILES string of the molecule is CCOC(=O)C(C)(NC(=O)c1cccc(NC(=O)OCc2ccccc2)c1)OCCOC. The molecule has 9 nitrogen and oxygen atoms in total. The highest BCUT2D eigenvalue weighted by Gasteiger charge is 2.38. The van der Waals surface area contributed by atoms with Gasteiger partial charge < -0.3 is 24.3 Å². The molecule has 0 radical (unpaired) electrons. The molecule has 0 aliphatic carbocycles. The molecule has 2 amide bonds. The zero-order valence-corrected chi connectivity index (χ0v) is 18.4. The maximum atomic E-state index is 12.8. The summed E-state index contributed by atoms with van der Waals surface area (Å²) in [6.45, 7) is 3.60. The molecule has 0 aromatic heterocycles. The highest BCUT2D eigenvalue weighted by atomic mass is 16.6. The summed E-state index contributed by atoms with van der Waals surface area (Å²) < 4.78 is 20.7. The van der Waals surface area contributed by atoms with Crippen molar-refractivity contribution < 1.29 is 33.3 Å². The summed E-state index contributed by atoms with van der Waals surface area (Å²) in [6, 6.07) is 15.5. The molecular weight excluding hydrogens is 416 g/mol. The fourth-order valence-electron chi connectivity index (χ4n) is 2.65. The molecule has 2 rings (SSSR count). The van der Waals surface area contributed by atoms with E-state index in [0.717, 1.165) is 5.56 Å². The number of carbonyl (C=O) groups is 3. The first-order valence-electron chi connectivity index (χ1n) is 10.1. The van der Waals surface area contributed by atoms with Crippen LogP contribution in [0.2, 0.25) is 0 Å². The lowest BCUT2D eigenvalue weighted by Gasteiger charge is -2.28. The van der Waals surface area contributed by atoms with Crippen molar-refractivity contribution in [2.75, 3.05) is 32.2 Å². The third kappa shape index (κ3) is 7.68. The summed E-state index contributed by atoms with van der Waals surface area (Å²) in [4.78, 5) is 37.2. The molecule has 0 saturated carbocycles. The highest BCUT2D eigenvalue weighted by Crippen LogP contribution is 2.15. The van der Waals surface area contributed by atoms with Crippen LogP contribution in [-0.4, -0.2) is 50.6 Å². The smallest absolute Gasteiger partial charge is 0.411 e. The lowest BCUT2D eigenvalue weighted by Crippen LogP contribution is -2.55. The van der Waals surface area contributed by atoms with Crippen LogP contribution in [-0.2, 0) is 30.3 Å². The number of amides is 2. The number of methoxy groups -OCH3 is 1. The number of hydrogen-bond acceptors (Lipinski definition) is 7. The number of esters is 1. The van der Waals surface area contributed by atoms with Crippen LogP contribution in [0.3, 0.4) is 0 Å². The van der Waals surface area contributed by atoms with Crippen LogP contribution in [0.1, 0.15) is 29.8 Å². The Labute approximate surface area is 187 Å². The Hall–Kier alpha value is -3.43. The van der Waals surface area contributed by atoms with Gasteiger partial charge in [-0.25, -0.2) is 9.59 Å². The Balaban J connectivity index is 2.02. The molecule has 172 valence electrons. The molecule has 0 aliphatic heterocycles. The van der Waals surface area contributed by atoms with E-state index < -0.39 is 23.7 Å². The van der Waals surface area contributed by atoms with Gasteiger partial charge in [-0.05, 0) is 37.6 Å². The molecule has 0 spiro atoms. The zero-order chi connectivity index (χ0) is 23.4. The van der Waals surface area contributed by atoms with Crippen molar-refractivity contribution in [3.8, 4) is 0 Å². The van der Waals surface area contributed by atoms with Gasteiger partial charge in [0.05, 0.1) is 19.8 Å². The van der Waals surface area contributed by atoms with E-state index in [1.165, 1.54) is 26.2 Å². The quantitative estimate of drug-likeness (QED) is 0.311. The molecule has 32 heavy (non-hydrogen) atoms. The highest BCUT2D eigenvalue weighted by molar-refractivity contribution is 5.99. The predicted octanol–water partition coefficient (Wildman–Crippen LogP) is 3.11. The number of nitrogens with one attached hydrogen (secondary N) is 2. The molecule has 1 unspecified atom stereocenters. The second-order valence-electron chi connectivity index (χ2n) is 6.82. The minimum atomic E-state index is -1.70. The van der Waals surface area contributed by atoms with E-state index in [1.54, 1.807) is 19.1 Å². The molecule has 0 aliphatic rings. The number of rotatable bonds is 11. The summed E-state index contributed by atoms with van der Waals surface area (Å²) >= 11 is 0. The Morgan fingerprint density at radius 3 is 2.41 bits per heavy atom. The molecule has 0 bridgehead atoms. The van der Waals surface area contributed by atoms with E-state index in [1.807, 2.05) is 30.3 Å². The molecule has 2 aromatic rings. The van der Waals surface area contributed by atoms with Crippen LogP contribution in [0.4, 0.5) is 10.5 Å². The minimum absolute atomic E-state index is 0.0704. The van der Waals surface area contributed by atoms with Gasteiger partial charge in [0.2, 0.25) is 5.72 Å². The normalized spacial score (nSPS) is 12.3. The van der Waals surface area contributed by atoms with E-state index in [4.69, 9.17) is 18.9 Å². The fraction of sp³-hybridized carbons (Fsp3) is 0.348. The molecule has 2 N–H and O–H groups in total. The van der Waals surface area contributed by atoms with Gasteiger partial charge in [0, 0.05) is 18.4 Å². The minimum Gasteiger partial charge on any atom is -0.462 e. The second-order valence-corrected chi connectivity index (χ2v) is 6.82. The maximum Gasteiger partial charge on any atom is 0.411 e. The third-order valence-corrected chi connectivity index (χ3v) is 4.28. The Kier molecular flexibility index (Phi) is 9.65. The lowest BCUT2D eigenvalue weighted by molar-refractivity contribution is -0.174. The zero-order valence-electron chi connectivity index (χ0n) is 18.4. The number of hydrogen-bond donors (Lipinski definition) is 2. The van der Waals surface area contributed by atoms with Gasteiger partial charge in [0.1, 0.15) is 6.61 Å². The van der Waals surface area contributed by atoms with Crippen LogP contribution in [0.5, 0.6) is 0 Å². The van der Waals surface area contributed by atoms with Crippen molar-refractivity contribution in [3.63, 3.8) is 0 Å². The first kappa shape index (κ1) is 24.8. The van der Waals surface area contributed by atoms with E-state index in [9.17, 15) is 14.4 Å². The Morgan fingerprint density at radius 1 is 0.969 bits per heavy atom. The predicted molar refractivity (Wildman–Crippen MR) is 117 cm³/mol.